The second-order valence-electron chi connectivity index (χ2n) is 5.92. The van der Waals surface area contributed by atoms with Crippen LogP contribution in [-0.4, -0.2) is 17.1 Å². The molecule has 2 amide bonds. The highest BCUT2D eigenvalue weighted by molar-refractivity contribution is 5.93. The van der Waals surface area contributed by atoms with Crippen molar-refractivity contribution in [3.05, 3.63) is 30.0 Å². The van der Waals surface area contributed by atoms with Gasteiger partial charge in [-0.1, -0.05) is 19.3 Å². The van der Waals surface area contributed by atoms with E-state index in [4.69, 9.17) is 0 Å². The number of H-pyrrole nitrogens is 1. The first-order valence-corrected chi connectivity index (χ1v) is 7.69. The molecular formula is C16H18F3N3O. The van der Waals surface area contributed by atoms with Crippen molar-refractivity contribution < 1.29 is 18.0 Å². The van der Waals surface area contributed by atoms with E-state index in [0.717, 1.165) is 31.7 Å². The molecule has 0 radical (unpaired) electrons. The van der Waals surface area contributed by atoms with Gasteiger partial charge in [-0.25, -0.2) is 4.79 Å². The van der Waals surface area contributed by atoms with Crippen LogP contribution in [0.15, 0.2) is 24.3 Å². The number of anilines is 1. The number of benzene rings is 1. The fraction of sp³-hybridized carbons (Fsp3) is 0.438. The largest absolute Gasteiger partial charge is 0.431 e. The Kier molecular flexibility index (Phi) is 4.19. The number of hydrogen-bond donors (Lipinski definition) is 3. The van der Waals surface area contributed by atoms with E-state index in [1.165, 1.54) is 18.6 Å². The minimum Gasteiger partial charge on any atom is -0.351 e. The smallest absolute Gasteiger partial charge is 0.351 e. The van der Waals surface area contributed by atoms with E-state index in [2.05, 4.69) is 15.6 Å². The maximum atomic E-state index is 12.7. The second-order valence-corrected chi connectivity index (χ2v) is 5.92. The average Bonchev–Trinajstić information content (AvgIpc) is 2.91. The van der Waals surface area contributed by atoms with Crippen molar-refractivity contribution in [3.8, 4) is 0 Å². The van der Waals surface area contributed by atoms with E-state index < -0.39 is 11.9 Å². The van der Waals surface area contributed by atoms with Crippen molar-refractivity contribution in [2.24, 2.45) is 0 Å². The molecule has 3 N–H and O–H groups in total. The van der Waals surface area contributed by atoms with Crippen LogP contribution in [0.2, 0.25) is 0 Å². The molecule has 1 aromatic carbocycles. The molecule has 4 nitrogen and oxygen atoms in total. The van der Waals surface area contributed by atoms with Gasteiger partial charge in [0.2, 0.25) is 0 Å². The van der Waals surface area contributed by atoms with E-state index in [1.807, 2.05) is 0 Å². The van der Waals surface area contributed by atoms with Gasteiger partial charge < -0.3 is 15.6 Å². The van der Waals surface area contributed by atoms with Crippen LogP contribution in [0, 0.1) is 0 Å². The quantitative estimate of drug-likeness (QED) is 0.740. The normalized spacial score (nSPS) is 16.5. The summed E-state index contributed by atoms with van der Waals surface area (Å²) < 4.78 is 38.1. The molecule has 1 saturated carbocycles. The van der Waals surface area contributed by atoms with Gasteiger partial charge in [-0.2, -0.15) is 13.2 Å². The highest BCUT2D eigenvalue weighted by Gasteiger charge is 2.32. The summed E-state index contributed by atoms with van der Waals surface area (Å²) in [4.78, 5) is 14.3. The van der Waals surface area contributed by atoms with Crippen LogP contribution < -0.4 is 10.6 Å². The van der Waals surface area contributed by atoms with Gasteiger partial charge in [0.05, 0.1) is 0 Å². The fourth-order valence-electron chi connectivity index (χ4n) is 2.96. The molecule has 1 aliphatic rings. The summed E-state index contributed by atoms with van der Waals surface area (Å²) in [5.74, 6) is 0. The zero-order valence-electron chi connectivity index (χ0n) is 12.5. The molecule has 0 aliphatic heterocycles. The zero-order valence-corrected chi connectivity index (χ0v) is 12.5. The van der Waals surface area contributed by atoms with Crippen LogP contribution in [0.3, 0.4) is 0 Å². The van der Waals surface area contributed by atoms with Crippen LogP contribution in [-0.2, 0) is 6.18 Å². The Morgan fingerprint density at radius 2 is 1.87 bits per heavy atom. The standard InChI is InChI=1S/C16H18F3N3O/c17-16(18,19)14-9-10-8-12(6-7-13(10)22-14)21-15(23)20-11-4-2-1-3-5-11/h6-9,11,22H,1-5H2,(H2,20,21,23). The molecule has 7 heteroatoms. The van der Waals surface area contributed by atoms with Crippen LogP contribution >= 0.6 is 0 Å². The number of hydrogen-bond acceptors (Lipinski definition) is 1. The van der Waals surface area contributed by atoms with Crippen molar-refractivity contribution in [3.63, 3.8) is 0 Å². The first kappa shape index (κ1) is 15.7. The summed E-state index contributed by atoms with van der Waals surface area (Å²) in [6, 6.07) is 5.54. The minimum absolute atomic E-state index is 0.177. The lowest BCUT2D eigenvalue weighted by atomic mass is 9.96. The summed E-state index contributed by atoms with van der Waals surface area (Å²) in [6.07, 6.45) is 0.954. The number of aromatic amines is 1. The molecule has 0 unspecified atom stereocenters. The third-order valence-electron chi connectivity index (χ3n) is 4.12. The molecular weight excluding hydrogens is 307 g/mol. The van der Waals surface area contributed by atoms with Crippen molar-refractivity contribution in [2.75, 3.05) is 5.32 Å². The van der Waals surface area contributed by atoms with Gasteiger partial charge in [0, 0.05) is 22.6 Å². The lowest BCUT2D eigenvalue weighted by Crippen LogP contribution is -2.38. The molecule has 0 saturated heterocycles. The number of aromatic nitrogens is 1. The summed E-state index contributed by atoms with van der Waals surface area (Å²) in [5, 5.41) is 6.00. The predicted octanol–water partition coefficient (Wildman–Crippen LogP) is 4.64. The summed E-state index contributed by atoms with van der Waals surface area (Å²) in [5.41, 5.74) is 0.0606. The van der Waals surface area contributed by atoms with Crippen LogP contribution in [0.25, 0.3) is 10.9 Å². The number of nitrogens with one attached hydrogen (secondary N) is 3. The minimum atomic E-state index is -4.41. The predicted molar refractivity (Wildman–Crippen MR) is 82.3 cm³/mol. The monoisotopic (exact) mass is 325 g/mol. The van der Waals surface area contributed by atoms with Gasteiger partial charge in [0.15, 0.2) is 0 Å². The first-order chi connectivity index (χ1) is 10.9. The Balaban J connectivity index is 1.69. The molecule has 0 atom stereocenters. The van der Waals surface area contributed by atoms with Crippen molar-refractivity contribution in [2.45, 2.75) is 44.3 Å². The number of amides is 2. The van der Waals surface area contributed by atoms with Crippen molar-refractivity contribution >= 4 is 22.6 Å². The molecule has 124 valence electrons. The van der Waals surface area contributed by atoms with Crippen molar-refractivity contribution in [1.82, 2.24) is 10.3 Å². The molecule has 1 fully saturated rings. The topological polar surface area (TPSA) is 56.9 Å². The molecule has 1 aromatic heterocycles. The number of rotatable bonds is 2. The molecule has 1 heterocycles. The van der Waals surface area contributed by atoms with E-state index in [9.17, 15) is 18.0 Å². The van der Waals surface area contributed by atoms with E-state index in [0.29, 0.717) is 16.6 Å². The second kappa shape index (κ2) is 6.14. The number of fused-ring (bicyclic) bond motifs is 1. The van der Waals surface area contributed by atoms with Gasteiger partial charge in [0.25, 0.3) is 0 Å². The highest BCUT2D eigenvalue weighted by atomic mass is 19.4. The Bertz CT molecular complexity index is 702. The van der Waals surface area contributed by atoms with Crippen LogP contribution in [0.4, 0.5) is 23.7 Å². The van der Waals surface area contributed by atoms with E-state index >= 15 is 0 Å². The molecule has 1 aliphatic carbocycles. The summed E-state index contributed by atoms with van der Waals surface area (Å²) in [6.45, 7) is 0. The van der Waals surface area contributed by atoms with Crippen molar-refractivity contribution in [1.29, 1.82) is 0 Å². The van der Waals surface area contributed by atoms with Gasteiger partial charge >= 0.3 is 12.2 Å². The molecule has 23 heavy (non-hydrogen) atoms. The van der Waals surface area contributed by atoms with Gasteiger partial charge in [-0.05, 0) is 37.1 Å². The number of urea groups is 1. The molecule has 0 spiro atoms. The third-order valence-corrected chi connectivity index (χ3v) is 4.12. The maximum Gasteiger partial charge on any atom is 0.431 e. The molecule has 3 rings (SSSR count). The van der Waals surface area contributed by atoms with Crippen LogP contribution in [0.1, 0.15) is 37.8 Å². The van der Waals surface area contributed by atoms with Gasteiger partial charge in [-0.15, -0.1) is 0 Å². The lowest BCUT2D eigenvalue weighted by Gasteiger charge is -2.22. The fourth-order valence-corrected chi connectivity index (χ4v) is 2.96. The highest BCUT2D eigenvalue weighted by Crippen LogP contribution is 2.31. The number of halogens is 3. The Morgan fingerprint density at radius 1 is 1.13 bits per heavy atom. The Labute approximate surface area is 131 Å². The number of carbonyl (C=O) groups excluding carboxylic acids is 1. The van der Waals surface area contributed by atoms with Gasteiger partial charge in [0.1, 0.15) is 5.69 Å². The summed E-state index contributed by atoms with van der Waals surface area (Å²) >= 11 is 0. The Morgan fingerprint density at radius 3 is 2.57 bits per heavy atom. The zero-order chi connectivity index (χ0) is 16.4. The number of carbonyl (C=O) groups is 1. The van der Waals surface area contributed by atoms with E-state index in [-0.39, 0.29) is 12.1 Å². The Hall–Kier alpha value is -2.18. The first-order valence-electron chi connectivity index (χ1n) is 7.69. The number of alkyl halides is 3. The van der Waals surface area contributed by atoms with Crippen LogP contribution in [0.5, 0.6) is 0 Å². The SMILES string of the molecule is O=C(Nc1ccc2[nH]c(C(F)(F)F)cc2c1)NC1CCCCC1. The third kappa shape index (κ3) is 3.78. The average molecular weight is 325 g/mol. The molecule has 0 bridgehead atoms. The van der Waals surface area contributed by atoms with E-state index in [1.54, 1.807) is 6.07 Å². The lowest BCUT2D eigenvalue weighted by molar-refractivity contribution is -0.140. The van der Waals surface area contributed by atoms with Gasteiger partial charge in [-0.3, -0.25) is 0 Å². The summed E-state index contributed by atoms with van der Waals surface area (Å²) in [7, 11) is 0. The molecule has 2 aromatic rings. The maximum absolute atomic E-state index is 12.7.